The van der Waals surface area contributed by atoms with E-state index in [0.29, 0.717) is 0 Å². The molecule has 0 bridgehead atoms. The number of hydrogen-bond acceptors (Lipinski definition) is 3. The number of ether oxygens (including phenoxy) is 1. The first-order chi connectivity index (χ1) is 7.72. The highest BCUT2D eigenvalue weighted by Gasteiger charge is 2.18. The molecular formula is C13H26N2O. The molecule has 1 aliphatic rings. The molecule has 0 atom stereocenters. The van der Waals surface area contributed by atoms with E-state index >= 15 is 0 Å². The molecule has 1 aliphatic heterocycles. The Bertz CT molecular complexity index is 198. The summed E-state index contributed by atoms with van der Waals surface area (Å²) >= 11 is 0. The van der Waals surface area contributed by atoms with Crippen molar-refractivity contribution >= 4 is 0 Å². The van der Waals surface area contributed by atoms with Gasteiger partial charge in [0.05, 0.1) is 6.61 Å². The number of hydrogen-bond donors (Lipinski definition) is 1. The van der Waals surface area contributed by atoms with Gasteiger partial charge in [0.25, 0.3) is 0 Å². The van der Waals surface area contributed by atoms with Crippen LogP contribution in [0.3, 0.4) is 0 Å². The average molecular weight is 226 g/mol. The first-order valence-electron chi connectivity index (χ1n) is 6.28. The first kappa shape index (κ1) is 13.7. The monoisotopic (exact) mass is 226 g/mol. The normalized spacial score (nSPS) is 18.9. The van der Waals surface area contributed by atoms with Crippen molar-refractivity contribution in [2.75, 3.05) is 46.4 Å². The number of likely N-dealkylation sites (tertiary alicyclic amines) is 1. The molecule has 3 nitrogen and oxygen atoms in total. The topological polar surface area (TPSA) is 24.5 Å². The number of rotatable bonds is 7. The summed E-state index contributed by atoms with van der Waals surface area (Å²) in [5, 5.41) is 3.45. The highest BCUT2D eigenvalue weighted by Crippen LogP contribution is 2.16. The summed E-state index contributed by atoms with van der Waals surface area (Å²) in [5.41, 5.74) is 1.27. The van der Waals surface area contributed by atoms with Crippen LogP contribution in [-0.2, 0) is 4.74 Å². The summed E-state index contributed by atoms with van der Waals surface area (Å²) in [6.45, 7) is 12.5. The summed E-state index contributed by atoms with van der Waals surface area (Å²) in [4.78, 5) is 2.51. The molecule has 1 saturated heterocycles. The molecule has 1 N–H and O–H groups in total. The van der Waals surface area contributed by atoms with Gasteiger partial charge in [0.1, 0.15) is 0 Å². The van der Waals surface area contributed by atoms with Crippen LogP contribution in [0.4, 0.5) is 0 Å². The maximum atomic E-state index is 5.01. The Labute approximate surface area is 99.8 Å². The lowest BCUT2D eigenvalue weighted by atomic mass is 9.96. The number of piperidine rings is 1. The summed E-state index contributed by atoms with van der Waals surface area (Å²) in [6.07, 6.45) is 2.63. The second-order valence-corrected chi connectivity index (χ2v) is 4.87. The zero-order valence-electron chi connectivity index (χ0n) is 10.8. The summed E-state index contributed by atoms with van der Waals surface area (Å²) < 4.78 is 5.01. The van der Waals surface area contributed by atoms with Gasteiger partial charge in [0.2, 0.25) is 0 Å². The van der Waals surface area contributed by atoms with E-state index in [1.807, 2.05) is 0 Å². The van der Waals surface area contributed by atoms with Gasteiger partial charge in [-0.1, -0.05) is 12.2 Å². The van der Waals surface area contributed by atoms with Crippen molar-refractivity contribution in [3.8, 4) is 0 Å². The predicted molar refractivity (Wildman–Crippen MR) is 68.7 cm³/mol. The molecule has 0 radical (unpaired) electrons. The van der Waals surface area contributed by atoms with E-state index in [9.17, 15) is 0 Å². The van der Waals surface area contributed by atoms with Crippen molar-refractivity contribution in [2.24, 2.45) is 5.92 Å². The van der Waals surface area contributed by atoms with Gasteiger partial charge in [-0.3, -0.25) is 4.90 Å². The van der Waals surface area contributed by atoms with Gasteiger partial charge < -0.3 is 10.1 Å². The van der Waals surface area contributed by atoms with Crippen LogP contribution in [0.25, 0.3) is 0 Å². The fraction of sp³-hybridized carbons (Fsp3) is 0.846. The fourth-order valence-electron chi connectivity index (χ4n) is 2.21. The molecule has 0 unspecified atom stereocenters. The van der Waals surface area contributed by atoms with Crippen molar-refractivity contribution in [3.63, 3.8) is 0 Å². The molecule has 0 aromatic rings. The molecule has 3 heteroatoms. The van der Waals surface area contributed by atoms with Gasteiger partial charge in [0.15, 0.2) is 0 Å². The Balaban J connectivity index is 2.05. The van der Waals surface area contributed by atoms with Gasteiger partial charge >= 0.3 is 0 Å². The molecular weight excluding hydrogens is 200 g/mol. The minimum atomic E-state index is 0.814. The van der Waals surface area contributed by atoms with Gasteiger partial charge in [-0.25, -0.2) is 0 Å². The first-order valence-corrected chi connectivity index (χ1v) is 6.28. The largest absolute Gasteiger partial charge is 0.383 e. The Morgan fingerprint density at radius 2 is 2.12 bits per heavy atom. The van der Waals surface area contributed by atoms with E-state index in [1.54, 1.807) is 7.11 Å². The molecule has 1 rings (SSSR count). The van der Waals surface area contributed by atoms with E-state index in [2.05, 4.69) is 23.7 Å². The maximum absolute atomic E-state index is 5.01. The Morgan fingerprint density at radius 3 is 2.69 bits per heavy atom. The average Bonchev–Trinajstić information content (AvgIpc) is 2.26. The molecule has 0 aromatic heterocycles. The zero-order valence-corrected chi connectivity index (χ0v) is 10.8. The van der Waals surface area contributed by atoms with Gasteiger partial charge in [-0.15, -0.1) is 0 Å². The molecule has 0 aliphatic carbocycles. The van der Waals surface area contributed by atoms with E-state index in [0.717, 1.165) is 32.2 Å². The van der Waals surface area contributed by atoms with Crippen LogP contribution in [0, 0.1) is 5.92 Å². The highest BCUT2D eigenvalue weighted by atomic mass is 16.5. The summed E-state index contributed by atoms with van der Waals surface area (Å²) in [6, 6.07) is 0. The standard InChI is InChI=1S/C13H26N2O/c1-12(2)11-15-7-4-13(5-8-15)10-14-6-9-16-3/h13-14H,1,4-11H2,2-3H3. The maximum Gasteiger partial charge on any atom is 0.0587 e. The number of methoxy groups -OCH3 is 1. The molecule has 0 aromatic carbocycles. The quantitative estimate of drug-likeness (QED) is 0.526. The third-order valence-electron chi connectivity index (χ3n) is 3.12. The van der Waals surface area contributed by atoms with Crippen LogP contribution in [0.15, 0.2) is 12.2 Å². The second kappa shape index (κ2) is 7.82. The van der Waals surface area contributed by atoms with Crippen molar-refractivity contribution in [3.05, 3.63) is 12.2 Å². The van der Waals surface area contributed by atoms with E-state index in [1.165, 1.54) is 31.5 Å². The van der Waals surface area contributed by atoms with Crippen molar-refractivity contribution in [2.45, 2.75) is 19.8 Å². The molecule has 16 heavy (non-hydrogen) atoms. The lowest BCUT2D eigenvalue weighted by Crippen LogP contribution is -2.38. The SMILES string of the molecule is C=C(C)CN1CCC(CNCCOC)CC1. The summed E-state index contributed by atoms with van der Waals surface area (Å²) in [7, 11) is 1.75. The van der Waals surface area contributed by atoms with Crippen LogP contribution >= 0.6 is 0 Å². The zero-order chi connectivity index (χ0) is 11.8. The minimum Gasteiger partial charge on any atom is -0.383 e. The van der Waals surface area contributed by atoms with Crippen LogP contribution in [0.2, 0.25) is 0 Å². The lowest BCUT2D eigenvalue weighted by molar-refractivity contribution is 0.180. The Hall–Kier alpha value is -0.380. The second-order valence-electron chi connectivity index (χ2n) is 4.87. The predicted octanol–water partition coefficient (Wildman–Crippen LogP) is 1.51. The van der Waals surface area contributed by atoms with E-state index < -0.39 is 0 Å². The Kier molecular flexibility index (Phi) is 6.69. The molecule has 94 valence electrons. The van der Waals surface area contributed by atoms with Gasteiger partial charge in [0, 0.05) is 20.2 Å². The van der Waals surface area contributed by atoms with Crippen LogP contribution in [0.1, 0.15) is 19.8 Å². The molecule has 0 amide bonds. The van der Waals surface area contributed by atoms with Crippen molar-refractivity contribution in [1.29, 1.82) is 0 Å². The Morgan fingerprint density at radius 1 is 1.44 bits per heavy atom. The molecule has 0 spiro atoms. The van der Waals surface area contributed by atoms with E-state index in [-0.39, 0.29) is 0 Å². The van der Waals surface area contributed by atoms with Crippen molar-refractivity contribution in [1.82, 2.24) is 10.2 Å². The number of nitrogens with zero attached hydrogens (tertiary/aromatic N) is 1. The number of nitrogens with one attached hydrogen (secondary N) is 1. The van der Waals surface area contributed by atoms with Crippen LogP contribution in [0.5, 0.6) is 0 Å². The lowest BCUT2D eigenvalue weighted by Gasteiger charge is -2.32. The minimum absolute atomic E-state index is 0.814. The molecule has 0 saturated carbocycles. The third-order valence-corrected chi connectivity index (χ3v) is 3.12. The van der Waals surface area contributed by atoms with Crippen molar-refractivity contribution < 1.29 is 4.74 Å². The van der Waals surface area contributed by atoms with Crippen LogP contribution < -0.4 is 5.32 Å². The third kappa shape index (κ3) is 5.64. The molecule has 1 heterocycles. The summed E-state index contributed by atoms with van der Waals surface area (Å²) in [5.74, 6) is 0.846. The fourth-order valence-corrected chi connectivity index (χ4v) is 2.21. The molecule has 1 fully saturated rings. The highest BCUT2D eigenvalue weighted by molar-refractivity contribution is 4.92. The van der Waals surface area contributed by atoms with Crippen LogP contribution in [-0.4, -0.2) is 51.3 Å². The van der Waals surface area contributed by atoms with Gasteiger partial charge in [-0.05, 0) is 45.3 Å². The smallest absolute Gasteiger partial charge is 0.0587 e. The van der Waals surface area contributed by atoms with Gasteiger partial charge in [-0.2, -0.15) is 0 Å². The van der Waals surface area contributed by atoms with E-state index in [4.69, 9.17) is 4.74 Å².